The summed E-state index contributed by atoms with van der Waals surface area (Å²) in [5.74, 6) is 1.30. The molecule has 1 aliphatic heterocycles. The average molecular weight is 463 g/mol. The zero-order chi connectivity index (χ0) is 23.6. The quantitative estimate of drug-likeness (QED) is 0.356. The van der Waals surface area contributed by atoms with Crippen LogP contribution >= 0.6 is 0 Å². The lowest BCUT2D eigenvalue weighted by atomic mass is 10.1. The van der Waals surface area contributed by atoms with Crippen LogP contribution in [0.2, 0.25) is 0 Å². The summed E-state index contributed by atoms with van der Waals surface area (Å²) in [7, 11) is 0. The molecule has 35 heavy (non-hydrogen) atoms. The first-order valence-corrected chi connectivity index (χ1v) is 11.4. The molecule has 0 radical (unpaired) electrons. The van der Waals surface area contributed by atoms with Crippen LogP contribution in [0, 0.1) is 0 Å². The van der Waals surface area contributed by atoms with Gasteiger partial charge in [-0.05, 0) is 48.0 Å². The zero-order valence-corrected chi connectivity index (χ0v) is 18.9. The van der Waals surface area contributed by atoms with Crippen molar-refractivity contribution in [3.8, 4) is 17.2 Å². The molecule has 0 saturated heterocycles. The van der Waals surface area contributed by atoms with Crippen LogP contribution in [-0.4, -0.2) is 32.4 Å². The lowest BCUT2D eigenvalue weighted by molar-refractivity contribution is 0.0726. The van der Waals surface area contributed by atoms with Gasteiger partial charge in [-0.1, -0.05) is 42.5 Å². The third kappa shape index (κ3) is 4.19. The van der Waals surface area contributed by atoms with Gasteiger partial charge in [0.15, 0.2) is 11.5 Å². The van der Waals surface area contributed by atoms with E-state index in [0.29, 0.717) is 30.2 Å². The first-order valence-electron chi connectivity index (χ1n) is 11.4. The molecule has 1 amide bonds. The molecule has 5 aromatic rings. The summed E-state index contributed by atoms with van der Waals surface area (Å²) < 4.78 is 12.9. The molecule has 0 unspecified atom stereocenters. The first-order chi connectivity index (χ1) is 17.2. The number of nitrogens with zero attached hydrogens (tertiary/aromatic N) is 4. The Labute approximate surface area is 202 Å². The molecule has 0 fully saturated rings. The molecule has 0 atom stereocenters. The summed E-state index contributed by atoms with van der Waals surface area (Å²) in [6.07, 6.45) is 3.40. The van der Waals surface area contributed by atoms with E-state index in [0.717, 1.165) is 27.8 Å². The minimum absolute atomic E-state index is 0.110. The maximum atomic E-state index is 13.8. The Kier molecular flexibility index (Phi) is 5.35. The van der Waals surface area contributed by atoms with Crippen LogP contribution < -0.4 is 9.47 Å². The highest BCUT2D eigenvalue weighted by molar-refractivity contribution is 5.97. The third-order valence-electron chi connectivity index (χ3n) is 6.01. The van der Waals surface area contributed by atoms with E-state index in [9.17, 15) is 4.79 Å². The van der Waals surface area contributed by atoms with Gasteiger partial charge >= 0.3 is 0 Å². The summed E-state index contributed by atoms with van der Waals surface area (Å²) >= 11 is 0. The van der Waals surface area contributed by atoms with Crippen molar-refractivity contribution in [3.05, 3.63) is 114 Å². The van der Waals surface area contributed by atoms with Crippen molar-refractivity contribution in [2.45, 2.75) is 13.1 Å². The van der Waals surface area contributed by atoms with E-state index in [1.165, 1.54) is 0 Å². The van der Waals surface area contributed by atoms with Crippen molar-refractivity contribution in [2.24, 2.45) is 0 Å². The fourth-order valence-electron chi connectivity index (χ4n) is 4.28. The Balaban J connectivity index is 1.35. The largest absolute Gasteiger partial charge is 0.454 e. The van der Waals surface area contributed by atoms with Gasteiger partial charge in [-0.15, -0.1) is 0 Å². The van der Waals surface area contributed by atoms with Gasteiger partial charge in [0.2, 0.25) is 6.79 Å². The van der Waals surface area contributed by atoms with Crippen LogP contribution in [0.3, 0.4) is 0 Å². The molecule has 1 aliphatic rings. The van der Waals surface area contributed by atoms with Gasteiger partial charge in [-0.3, -0.25) is 9.78 Å². The van der Waals surface area contributed by atoms with E-state index in [1.54, 1.807) is 17.3 Å². The van der Waals surface area contributed by atoms with E-state index in [1.807, 2.05) is 89.6 Å². The van der Waals surface area contributed by atoms with Crippen LogP contribution in [0.5, 0.6) is 11.5 Å². The summed E-state index contributed by atoms with van der Waals surface area (Å²) in [6.45, 7) is 0.970. The number of fused-ring (bicyclic) bond motifs is 2. The SMILES string of the molecule is O=C(c1cnc2ccccc2c1)N(Cc1ccc2c(c1)OCO2)Cc1ccnn1-c1ccccc1. The third-order valence-corrected chi connectivity index (χ3v) is 6.01. The number of aromatic nitrogens is 3. The molecule has 7 heteroatoms. The number of para-hydroxylation sites is 2. The standard InChI is InChI=1S/C28H22N4O3/c33-28(22-15-21-6-4-5-9-25(21)29-16-22)31(17-20-10-11-26-27(14-20)35-19-34-26)18-24-12-13-30-32(24)23-7-2-1-3-8-23/h1-16H,17-19H2. The number of hydrogen-bond acceptors (Lipinski definition) is 5. The summed E-state index contributed by atoms with van der Waals surface area (Å²) in [5, 5.41) is 5.42. The number of carbonyl (C=O) groups excluding carboxylic acids is 1. The number of rotatable bonds is 6. The second-order valence-electron chi connectivity index (χ2n) is 8.34. The van der Waals surface area contributed by atoms with Crippen LogP contribution in [-0.2, 0) is 13.1 Å². The number of hydrogen-bond donors (Lipinski definition) is 0. The van der Waals surface area contributed by atoms with Crippen molar-refractivity contribution in [1.82, 2.24) is 19.7 Å². The number of ether oxygens (including phenoxy) is 2. The smallest absolute Gasteiger partial charge is 0.256 e. The second-order valence-corrected chi connectivity index (χ2v) is 8.34. The minimum Gasteiger partial charge on any atom is -0.454 e. The topological polar surface area (TPSA) is 69.5 Å². The Morgan fingerprint density at radius 2 is 1.71 bits per heavy atom. The van der Waals surface area contributed by atoms with Gasteiger partial charge in [-0.2, -0.15) is 5.10 Å². The lowest BCUT2D eigenvalue weighted by Crippen LogP contribution is -2.31. The molecule has 7 nitrogen and oxygen atoms in total. The van der Waals surface area contributed by atoms with Gasteiger partial charge in [0.1, 0.15) is 0 Å². The number of pyridine rings is 1. The van der Waals surface area contributed by atoms with Crippen molar-refractivity contribution in [2.75, 3.05) is 6.79 Å². The van der Waals surface area contributed by atoms with Crippen molar-refractivity contribution in [3.63, 3.8) is 0 Å². The molecule has 0 N–H and O–H groups in total. The van der Waals surface area contributed by atoms with Gasteiger partial charge in [0.05, 0.1) is 29.0 Å². The molecular weight excluding hydrogens is 440 g/mol. The van der Waals surface area contributed by atoms with E-state index >= 15 is 0 Å². The molecule has 3 aromatic carbocycles. The molecule has 0 aliphatic carbocycles. The van der Waals surface area contributed by atoms with E-state index in [-0.39, 0.29) is 12.7 Å². The predicted molar refractivity (Wildman–Crippen MR) is 131 cm³/mol. The number of amides is 1. The van der Waals surface area contributed by atoms with Crippen LogP contribution in [0.1, 0.15) is 21.6 Å². The van der Waals surface area contributed by atoms with Gasteiger partial charge in [0.25, 0.3) is 5.91 Å². The van der Waals surface area contributed by atoms with Crippen LogP contribution in [0.15, 0.2) is 97.3 Å². The molecule has 2 aromatic heterocycles. The molecule has 0 bridgehead atoms. The molecule has 0 saturated carbocycles. The van der Waals surface area contributed by atoms with E-state index in [4.69, 9.17) is 9.47 Å². The summed E-state index contributed by atoms with van der Waals surface area (Å²) in [4.78, 5) is 20.1. The maximum Gasteiger partial charge on any atom is 0.256 e. The average Bonchev–Trinajstić information content (AvgIpc) is 3.57. The van der Waals surface area contributed by atoms with Crippen LogP contribution in [0.25, 0.3) is 16.6 Å². The van der Waals surface area contributed by atoms with Gasteiger partial charge in [0, 0.05) is 24.3 Å². The monoisotopic (exact) mass is 462 g/mol. The van der Waals surface area contributed by atoms with Gasteiger partial charge < -0.3 is 14.4 Å². The Hall–Kier alpha value is -4.65. The molecule has 6 rings (SSSR count). The highest BCUT2D eigenvalue weighted by Crippen LogP contribution is 2.33. The Morgan fingerprint density at radius 1 is 0.886 bits per heavy atom. The molecule has 0 spiro atoms. The van der Waals surface area contributed by atoms with Crippen molar-refractivity contribution >= 4 is 16.8 Å². The van der Waals surface area contributed by atoms with Crippen molar-refractivity contribution < 1.29 is 14.3 Å². The summed E-state index contributed by atoms with van der Waals surface area (Å²) in [6, 6.07) is 27.3. The Bertz CT molecular complexity index is 1510. The number of carbonyl (C=O) groups is 1. The lowest BCUT2D eigenvalue weighted by Gasteiger charge is -2.24. The highest BCUT2D eigenvalue weighted by atomic mass is 16.7. The minimum atomic E-state index is -0.110. The zero-order valence-electron chi connectivity index (χ0n) is 18.9. The van der Waals surface area contributed by atoms with Crippen molar-refractivity contribution in [1.29, 1.82) is 0 Å². The predicted octanol–water partition coefficient (Wildman–Crippen LogP) is 4.99. The molecular formula is C28H22N4O3. The first kappa shape index (κ1) is 20.9. The fourth-order valence-corrected chi connectivity index (χ4v) is 4.28. The maximum absolute atomic E-state index is 13.8. The normalized spacial score (nSPS) is 12.1. The Morgan fingerprint density at radius 3 is 2.63 bits per heavy atom. The fraction of sp³-hybridized carbons (Fsp3) is 0.107. The van der Waals surface area contributed by atoms with Crippen LogP contribution in [0.4, 0.5) is 0 Å². The number of benzene rings is 3. The second kappa shape index (κ2) is 8.95. The molecule has 172 valence electrons. The highest BCUT2D eigenvalue weighted by Gasteiger charge is 2.21. The summed E-state index contributed by atoms with van der Waals surface area (Å²) in [5.41, 5.74) is 4.18. The van der Waals surface area contributed by atoms with Gasteiger partial charge in [-0.25, -0.2) is 4.68 Å². The van der Waals surface area contributed by atoms with E-state index < -0.39 is 0 Å². The molecule has 3 heterocycles. The van der Waals surface area contributed by atoms with E-state index in [2.05, 4.69) is 10.1 Å².